The zero-order valence-electron chi connectivity index (χ0n) is 14.4. The van der Waals surface area contributed by atoms with E-state index in [0.29, 0.717) is 13.3 Å². The van der Waals surface area contributed by atoms with Crippen LogP contribution in [0.1, 0.15) is 24.9 Å². The molecule has 0 bridgehead atoms. The second kappa shape index (κ2) is 8.18. The van der Waals surface area contributed by atoms with Gasteiger partial charge in [0.05, 0.1) is 26.5 Å². The molecular weight excluding hydrogens is 302 g/mol. The van der Waals surface area contributed by atoms with Crippen LogP contribution in [0.4, 0.5) is 0 Å². The van der Waals surface area contributed by atoms with Crippen LogP contribution in [0.15, 0.2) is 54.6 Å². The van der Waals surface area contributed by atoms with Crippen LogP contribution in [-0.2, 0) is 4.74 Å². The molecule has 2 atom stereocenters. The monoisotopic (exact) mass is 327 g/mol. The maximum Gasteiger partial charge on any atom is 0.142 e. The lowest BCUT2D eigenvalue weighted by Gasteiger charge is -2.41. The first-order chi connectivity index (χ1) is 11.8. The van der Waals surface area contributed by atoms with E-state index in [2.05, 4.69) is 24.0 Å². The highest BCUT2D eigenvalue weighted by atomic mass is 16.5. The Morgan fingerprint density at radius 2 is 1.79 bits per heavy atom. The van der Waals surface area contributed by atoms with Crippen LogP contribution in [0, 0.1) is 0 Å². The Bertz CT molecular complexity index is 613. The molecule has 0 spiro atoms. The van der Waals surface area contributed by atoms with E-state index in [1.165, 1.54) is 5.56 Å². The minimum atomic E-state index is -0.0407. The van der Waals surface area contributed by atoms with Gasteiger partial charge in [-0.3, -0.25) is 4.90 Å². The zero-order valence-corrected chi connectivity index (χ0v) is 14.4. The van der Waals surface area contributed by atoms with Crippen molar-refractivity contribution in [2.75, 3.05) is 27.0 Å². The lowest BCUT2D eigenvalue weighted by atomic mass is 9.98. The predicted octanol–water partition coefficient (Wildman–Crippen LogP) is 3.88. The molecule has 0 unspecified atom stereocenters. The predicted molar refractivity (Wildman–Crippen MR) is 94.4 cm³/mol. The average Bonchev–Trinajstić information content (AvgIpc) is 2.63. The van der Waals surface area contributed by atoms with E-state index >= 15 is 0 Å². The summed E-state index contributed by atoms with van der Waals surface area (Å²) < 4.78 is 17.3. The smallest absolute Gasteiger partial charge is 0.142 e. The topological polar surface area (TPSA) is 30.9 Å². The molecule has 0 amide bonds. The quantitative estimate of drug-likeness (QED) is 0.805. The van der Waals surface area contributed by atoms with Gasteiger partial charge in [0.1, 0.15) is 17.6 Å². The Labute approximate surface area is 144 Å². The Morgan fingerprint density at radius 3 is 2.46 bits per heavy atom. The summed E-state index contributed by atoms with van der Waals surface area (Å²) >= 11 is 0. The molecule has 0 aliphatic carbocycles. The second-order valence-electron chi connectivity index (χ2n) is 6.00. The van der Waals surface area contributed by atoms with Gasteiger partial charge in [-0.05, 0) is 36.2 Å². The van der Waals surface area contributed by atoms with Crippen LogP contribution in [-0.4, -0.2) is 38.0 Å². The van der Waals surface area contributed by atoms with E-state index < -0.39 is 0 Å². The van der Waals surface area contributed by atoms with Gasteiger partial charge in [-0.2, -0.15) is 0 Å². The molecule has 0 aromatic heterocycles. The molecule has 1 fully saturated rings. The third-order valence-corrected chi connectivity index (χ3v) is 4.28. The van der Waals surface area contributed by atoms with Crippen molar-refractivity contribution in [2.45, 2.75) is 25.5 Å². The van der Waals surface area contributed by atoms with Gasteiger partial charge in [-0.25, -0.2) is 0 Å². The van der Waals surface area contributed by atoms with Crippen LogP contribution in [0.5, 0.6) is 11.5 Å². The van der Waals surface area contributed by atoms with Gasteiger partial charge < -0.3 is 14.2 Å². The summed E-state index contributed by atoms with van der Waals surface area (Å²) in [6.45, 7) is 4.39. The largest absolute Gasteiger partial charge is 0.497 e. The summed E-state index contributed by atoms with van der Waals surface area (Å²) in [6, 6.07) is 18.4. The minimum Gasteiger partial charge on any atom is -0.497 e. The SMILES string of the molecule is CCCN1COC[C@@H](Oc2ccccc2)[C@H]1c1ccc(OC)cc1. The van der Waals surface area contributed by atoms with Gasteiger partial charge in [0.2, 0.25) is 0 Å². The van der Waals surface area contributed by atoms with Gasteiger partial charge in [-0.15, -0.1) is 0 Å². The number of hydrogen-bond donors (Lipinski definition) is 0. The fraction of sp³-hybridized carbons (Fsp3) is 0.400. The highest BCUT2D eigenvalue weighted by Crippen LogP contribution is 2.32. The minimum absolute atomic E-state index is 0.0407. The van der Waals surface area contributed by atoms with Crippen LogP contribution in [0.25, 0.3) is 0 Å². The number of hydrogen-bond acceptors (Lipinski definition) is 4. The Hall–Kier alpha value is -2.04. The molecule has 2 aromatic rings. The van der Waals surface area contributed by atoms with Crippen molar-refractivity contribution in [3.63, 3.8) is 0 Å². The maximum absolute atomic E-state index is 6.26. The molecule has 128 valence electrons. The van der Waals surface area contributed by atoms with Crippen molar-refractivity contribution in [2.24, 2.45) is 0 Å². The molecule has 4 heteroatoms. The average molecular weight is 327 g/mol. The van der Waals surface area contributed by atoms with Gasteiger partial charge in [0.15, 0.2) is 0 Å². The van der Waals surface area contributed by atoms with E-state index in [1.54, 1.807) is 7.11 Å². The summed E-state index contributed by atoms with van der Waals surface area (Å²) in [6.07, 6.45) is 1.04. The van der Waals surface area contributed by atoms with E-state index in [-0.39, 0.29) is 12.1 Å². The number of rotatable bonds is 6. The molecule has 3 rings (SSSR count). The Balaban J connectivity index is 1.86. The first-order valence-corrected chi connectivity index (χ1v) is 8.49. The maximum atomic E-state index is 6.26. The van der Waals surface area contributed by atoms with Crippen LogP contribution >= 0.6 is 0 Å². The first kappa shape index (κ1) is 16.8. The third-order valence-electron chi connectivity index (χ3n) is 4.28. The Morgan fingerprint density at radius 1 is 1.04 bits per heavy atom. The summed E-state index contributed by atoms with van der Waals surface area (Å²) in [5, 5.41) is 0. The number of ether oxygens (including phenoxy) is 3. The van der Waals surface area contributed by atoms with Crippen LogP contribution in [0.3, 0.4) is 0 Å². The summed E-state index contributed by atoms with van der Waals surface area (Å²) in [7, 11) is 1.69. The number of para-hydroxylation sites is 1. The van der Waals surface area contributed by atoms with Gasteiger partial charge in [0, 0.05) is 6.54 Å². The highest BCUT2D eigenvalue weighted by Gasteiger charge is 2.34. The van der Waals surface area contributed by atoms with Crippen molar-refractivity contribution in [1.82, 2.24) is 4.90 Å². The molecular formula is C20H25NO3. The first-order valence-electron chi connectivity index (χ1n) is 8.49. The molecule has 1 aliphatic heterocycles. The summed E-state index contributed by atoms with van der Waals surface area (Å²) in [5.41, 5.74) is 1.23. The van der Waals surface area contributed by atoms with Gasteiger partial charge in [-0.1, -0.05) is 37.3 Å². The highest BCUT2D eigenvalue weighted by molar-refractivity contribution is 5.30. The molecule has 0 N–H and O–H groups in total. The third kappa shape index (κ3) is 3.89. The van der Waals surface area contributed by atoms with E-state index in [4.69, 9.17) is 14.2 Å². The van der Waals surface area contributed by atoms with Crippen LogP contribution < -0.4 is 9.47 Å². The van der Waals surface area contributed by atoms with Gasteiger partial charge in [0.25, 0.3) is 0 Å². The van der Waals surface area contributed by atoms with Crippen molar-refractivity contribution in [3.05, 3.63) is 60.2 Å². The molecule has 1 saturated heterocycles. The van der Waals surface area contributed by atoms with E-state index in [9.17, 15) is 0 Å². The molecule has 0 radical (unpaired) electrons. The van der Waals surface area contributed by atoms with E-state index in [0.717, 1.165) is 24.5 Å². The lowest BCUT2D eigenvalue weighted by molar-refractivity contribution is -0.111. The summed E-state index contributed by atoms with van der Waals surface area (Å²) in [4.78, 5) is 2.35. The fourth-order valence-corrected chi connectivity index (χ4v) is 3.18. The second-order valence-corrected chi connectivity index (χ2v) is 6.00. The normalized spacial score (nSPS) is 21.4. The standard InChI is InChI=1S/C20H25NO3/c1-3-13-21-15-23-14-19(24-18-7-5-4-6-8-18)20(21)16-9-11-17(22-2)12-10-16/h4-12,19-20H,3,13-15H2,1-2H3/t19-,20-/m1/s1. The molecule has 1 heterocycles. The van der Waals surface area contributed by atoms with Crippen molar-refractivity contribution in [3.8, 4) is 11.5 Å². The summed E-state index contributed by atoms with van der Waals surface area (Å²) in [5.74, 6) is 1.75. The molecule has 1 aliphatic rings. The number of nitrogens with zero attached hydrogens (tertiary/aromatic N) is 1. The van der Waals surface area contributed by atoms with Crippen molar-refractivity contribution in [1.29, 1.82) is 0 Å². The van der Waals surface area contributed by atoms with Gasteiger partial charge >= 0.3 is 0 Å². The molecule has 2 aromatic carbocycles. The number of methoxy groups -OCH3 is 1. The Kier molecular flexibility index (Phi) is 5.72. The van der Waals surface area contributed by atoms with Crippen molar-refractivity contribution >= 4 is 0 Å². The fourth-order valence-electron chi connectivity index (χ4n) is 3.18. The van der Waals surface area contributed by atoms with Crippen molar-refractivity contribution < 1.29 is 14.2 Å². The zero-order chi connectivity index (χ0) is 16.8. The van der Waals surface area contributed by atoms with E-state index in [1.807, 2.05) is 42.5 Å². The lowest BCUT2D eigenvalue weighted by Crippen LogP contribution is -2.48. The molecule has 4 nitrogen and oxygen atoms in total. The van der Waals surface area contributed by atoms with Crippen LogP contribution in [0.2, 0.25) is 0 Å². The molecule has 24 heavy (non-hydrogen) atoms. The molecule has 0 saturated carbocycles. The number of benzene rings is 2.